The fraction of sp³-hybridized carbons (Fsp3) is 0.222. The summed E-state index contributed by atoms with van der Waals surface area (Å²) in [6, 6.07) is 21.5. The van der Waals surface area contributed by atoms with Crippen molar-refractivity contribution in [2.45, 2.75) is 26.4 Å². The minimum absolute atomic E-state index is 0.107. The molecule has 0 fully saturated rings. The van der Waals surface area contributed by atoms with Crippen LogP contribution in [0.1, 0.15) is 29.7 Å². The predicted octanol–water partition coefficient (Wildman–Crippen LogP) is 4.37. The van der Waals surface area contributed by atoms with Crippen LogP contribution in [0.25, 0.3) is 11.0 Å². The van der Waals surface area contributed by atoms with E-state index in [0.29, 0.717) is 11.5 Å². The number of aromatic nitrogens is 2. The van der Waals surface area contributed by atoms with Crippen molar-refractivity contribution in [2.75, 3.05) is 11.5 Å². The van der Waals surface area contributed by atoms with Gasteiger partial charge in [-0.1, -0.05) is 54.1 Å². The topological polar surface area (TPSA) is 84.7 Å². The number of carbonyl (C=O) groups excluding carboxylic acids is 2. The number of amides is 1. The van der Waals surface area contributed by atoms with E-state index in [4.69, 9.17) is 9.72 Å². The maximum atomic E-state index is 13.9. The van der Waals surface area contributed by atoms with Crippen LogP contribution in [0.2, 0.25) is 0 Å². The van der Waals surface area contributed by atoms with Crippen molar-refractivity contribution in [2.24, 2.45) is 5.92 Å². The first kappa shape index (κ1) is 21.7. The molecule has 1 aliphatic rings. The molecule has 0 unspecified atom stereocenters. The van der Waals surface area contributed by atoms with Crippen LogP contribution in [0.15, 0.2) is 72.8 Å². The number of hydrogen-bond acceptors (Lipinski definition) is 5. The first-order valence-corrected chi connectivity index (χ1v) is 11.3. The number of fused-ring (bicyclic) bond motifs is 3. The van der Waals surface area contributed by atoms with Crippen molar-refractivity contribution in [3.8, 4) is 5.75 Å². The zero-order chi connectivity index (χ0) is 23.8. The molecule has 0 bridgehead atoms. The molecule has 7 heteroatoms. The third kappa shape index (κ3) is 3.69. The summed E-state index contributed by atoms with van der Waals surface area (Å²) >= 11 is 0. The molecule has 0 saturated heterocycles. The average Bonchev–Trinajstić information content (AvgIpc) is 3.22. The number of phenolic OH excluding ortho intramolecular Hbond substituents is 1. The Morgan fingerprint density at radius 3 is 2.44 bits per heavy atom. The summed E-state index contributed by atoms with van der Waals surface area (Å²) in [6.07, 6.45) is 0. The van der Waals surface area contributed by atoms with E-state index in [1.165, 1.54) is 0 Å². The lowest BCUT2D eigenvalue weighted by Crippen LogP contribution is -2.49. The summed E-state index contributed by atoms with van der Waals surface area (Å²) < 4.78 is 7.32. The fourth-order valence-electron chi connectivity index (χ4n) is 4.55. The van der Waals surface area contributed by atoms with Gasteiger partial charge in [-0.2, -0.15) is 0 Å². The average molecular weight is 456 g/mol. The van der Waals surface area contributed by atoms with Crippen LogP contribution < -0.4 is 4.90 Å². The van der Waals surface area contributed by atoms with Crippen LogP contribution in [-0.4, -0.2) is 33.1 Å². The maximum Gasteiger partial charge on any atom is 0.321 e. The number of hydrogen-bond donors (Lipinski definition) is 1. The molecular formula is C27H25N3O4. The Balaban J connectivity index is 1.73. The van der Waals surface area contributed by atoms with Crippen molar-refractivity contribution >= 4 is 28.9 Å². The molecule has 2 atom stereocenters. The Morgan fingerprint density at radius 2 is 1.74 bits per heavy atom. The largest absolute Gasteiger partial charge is 0.508 e. The maximum absolute atomic E-state index is 13.9. The quantitative estimate of drug-likeness (QED) is 0.357. The molecule has 1 aromatic heterocycles. The van der Waals surface area contributed by atoms with E-state index in [1.807, 2.05) is 60.0 Å². The molecule has 34 heavy (non-hydrogen) atoms. The summed E-state index contributed by atoms with van der Waals surface area (Å²) in [7, 11) is 0. The number of ether oxygens (including phenoxy) is 1. The molecule has 5 rings (SSSR count). The molecule has 0 saturated carbocycles. The minimum Gasteiger partial charge on any atom is -0.508 e. The van der Waals surface area contributed by atoms with Crippen LogP contribution in [0.5, 0.6) is 5.75 Å². The number of anilines is 1. The molecular weight excluding hydrogens is 430 g/mol. The normalized spacial score (nSPS) is 17.6. The SMILES string of the molecule is CCOC(=O)[C@@H]1C(=O)N(Cc2ccc(C)cc2)c2nc3ccccc3n2[C@@H]1c1ccc(O)cc1. The van der Waals surface area contributed by atoms with E-state index in [1.54, 1.807) is 36.1 Å². The van der Waals surface area contributed by atoms with Gasteiger partial charge in [0, 0.05) is 0 Å². The van der Waals surface area contributed by atoms with Crippen LogP contribution in [0, 0.1) is 12.8 Å². The highest BCUT2D eigenvalue weighted by Gasteiger charge is 2.47. The zero-order valence-electron chi connectivity index (χ0n) is 19.0. The first-order valence-electron chi connectivity index (χ1n) is 11.3. The summed E-state index contributed by atoms with van der Waals surface area (Å²) in [5, 5.41) is 9.83. The number of esters is 1. The van der Waals surface area contributed by atoms with Crippen LogP contribution in [0.3, 0.4) is 0 Å². The van der Waals surface area contributed by atoms with Gasteiger partial charge in [-0.25, -0.2) is 4.98 Å². The Hall–Kier alpha value is -4.13. The molecule has 172 valence electrons. The number of benzene rings is 3. The van der Waals surface area contributed by atoms with Gasteiger partial charge < -0.3 is 14.4 Å². The summed E-state index contributed by atoms with van der Waals surface area (Å²) in [5.41, 5.74) is 4.31. The van der Waals surface area contributed by atoms with Gasteiger partial charge in [0.15, 0.2) is 5.92 Å². The molecule has 2 heterocycles. The third-order valence-corrected chi connectivity index (χ3v) is 6.18. The molecule has 7 nitrogen and oxygen atoms in total. The smallest absolute Gasteiger partial charge is 0.321 e. The van der Waals surface area contributed by atoms with Crippen molar-refractivity contribution in [1.29, 1.82) is 0 Å². The lowest BCUT2D eigenvalue weighted by molar-refractivity contribution is -0.153. The second-order valence-electron chi connectivity index (χ2n) is 8.45. The molecule has 4 aromatic rings. The Kier molecular flexibility index (Phi) is 5.53. The summed E-state index contributed by atoms with van der Waals surface area (Å²) in [5.74, 6) is -1.46. The van der Waals surface area contributed by atoms with Gasteiger partial charge in [0.05, 0.1) is 30.2 Å². The van der Waals surface area contributed by atoms with Crippen molar-refractivity contribution in [1.82, 2.24) is 9.55 Å². The summed E-state index contributed by atoms with van der Waals surface area (Å²) in [4.78, 5) is 33.5. The van der Waals surface area contributed by atoms with Crippen LogP contribution >= 0.6 is 0 Å². The van der Waals surface area contributed by atoms with Gasteiger partial charge in [0.2, 0.25) is 11.9 Å². The molecule has 0 aliphatic carbocycles. The standard InChI is InChI=1S/C27H25N3O4/c1-3-34-26(33)23-24(19-12-14-20(31)15-13-19)30-22-7-5-4-6-21(22)28-27(30)29(25(23)32)16-18-10-8-17(2)9-11-18/h4-15,23-24,31H,3,16H2,1-2H3/t23-,24+/m0/s1. The Labute approximate surface area is 197 Å². The first-order chi connectivity index (χ1) is 16.5. The van der Waals surface area contributed by atoms with Gasteiger partial charge in [-0.3, -0.25) is 14.5 Å². The Bertz CT molecular complexity index is 1360. The van der Waals surface area contributed by atoms with Crippen LogP contribution in [0.4, 0.5) is 5.95 Å². The number of aromatic hydroxyl groups is 1. The minimum atomic E-state index is -1.10. The monoisotopic (exact) mass is 455 g/mol. The molecule has 0 radical (unpaired) electrons. The number of phenols is 1. The van der Waals surface area contributed by atoms with Crippen molar-refractivity contribution < 1.29 is 19.4 Å². The second kappa shape index (κ2) is 8.67. The highest BCUT2D eigenvalue weighted by Crippen LogP contribution is 2.42. The number of aryl methyl sites for hydroxylation is 1. The van der Waals surface area contributed by atoms with E-state index >= 15 is 0 Å². The van der Waals surface area contributed by atoms with Crippen molar-refractivity contribution in [3.05, 3.63) is 89.5 Å². The van der Waals surface area contributed by atoms with Crippen LogP contribution in [-0.2, 0) is 20.9 Å². The lowest BCUT2D eigenvalue weighted by Gasteiger charge is -2.38. The highest BCUT2D eigenvalue weighted by molar-refractivity contribution is 6.08. The van der Waals surface area contributed by atoms with Gasteiger partial charge in [-0.15, -0.1) is 0 Å². The molecule has 3 aromatic carbocycles. The zero-order valence-corrected chi connectivity index (χ0v) is 19.0. The molecule has 1 aliphatic heterocycles. The van der Waals surface area contributed by atoms with Gasteiger partial charge in [0.25, 0.3) is 0 Å². The Morgan fingerprint density at radius 1 is 1.03 bits per heavy atom. The van der Waals surface area contributed by atoms with Crippen molar-refractivity contribution in [3.63, 3.8) is 0 Å². The molecule has 1 amide bonds. The van der Waals surface area contributed by atoms with E-state index in [-0.39, 0.29) is 24.8 Å². The third-order valence-electron chi connectivity index (χ3n) is 6.18. The number of para-hydroxylation sites is 2. The van der Waals surface area contributed by atoms with Gasteiger partial charge >= 0.3 is 5.97 Å². The number of carbonyl (C=O) groups is 2. The van der Waals surface area contributed by atoms with E-state index in [9.17, 15) is 14.7 Å². The number of imidazole rings is 1. The highest BCUT2D eigenvalue weighted by atomic mass is 16.5. The fourth-order valence-corrected chi connectivity index (χ4v) is 4.55. The molecule has 1 N–H and O–H groups in total. The van der Waals surface area contributed by atoms with Gasteiger partial charge in [-0.05, 0) is 49.2 Å². The lowest BCUT2D eigenvalue weighted by atomic mass is 9.89. The van der Waals surface area contributed by atoms with E-state index in [2.05, 4.69) is 0 Å². The number of rotatable bonds is 5. The predicted molar refractivity (Wildman–Crippen MR) is 128 cm³/mol. The van der Waals surface area contributed by atoms with E-state index < -0.39 is 17.9 Å². The second-order valence-corrected chi connectivity index (χ2v) is 8.45. The number of nitrogens with zero attached hydrogens (tertiary/aromatic N) is 3. The molecule has 0 spiro atoms. The summed E-state index contributed by atoms with van der Waals surface area (Å²) in [6.45, 7) is 4.18. The van der Waals surface area contributed by atoms with Gasteiger partial charge in [0.1, 0.15) is 5.75 Å². The van der Waals surface area contributed by atoms with E-state index in [0.717, 1.165) is 22.2 Å².